The fourth-order valence-electron chi connectivity index (χ4n) is 5.54. The van der Waals surface area contributed by atoms with E-state index in [0.29, 0.717) is 12.3 Å². The number of amides is 1. The molecule has 4 aromatic rings. The number of benzene rings is 2. The molecule has 1 saturated heterocycles. The van der Waals surface area contributed by atoms with Gasteiger partial charge in [-0.05, 0) is 56.2 Å². The van der Waals surface area contributed by atoms with Crippen molar-refractivity contribution in [3.8, 4) is 11.4 Å². The SMILES string of the molecule is CNC(=O)c1ncn2c1COc1c-2ccc(C)c1CCN1CCN(c2cccc3nc(C)ccc23)CC1. The van der Waals surface area contributed by atoms with Crippen molar-refractivity contribution in [1.82, 2.24) is 24.8 Å². The molecule has 0 atom stereocenters. The average Bonchev–Trinajstić information content (AvgIpc) is 3.36. The van der Waals surface area contributed by atoms with E-state index < -0.39 is 0 Å². The molecular weight excluding hydrogens is 464 g/mol. The molecule has 8 nitrogen and oxygen atoms in total. The van der Waals surface area contributed by atoms with Crippen LogP contribution >= 0.6 is 0 Å². The van der Waals surface area contributed by atoms with E-state index in [9.17, 15) is 4.79 Å². The summed E-state index contributed by atoms with van der Waals surface area (Å²) >= 11 is 0. The molecule has 2 aromatic carbocycles. The molecule has 190 valence electrons. The highest BCUT2D eigenvalue weighted by Gasteiger charge is 2.27. The van der Waals surface area contributed by atoms with Crippen LogP contribution in [0, 0.1) is 13.8 Å². The number of imidazole rings is 1. The second-order valence-corrected chi connectivity index (χ2v) is 9.86. The van der Waals surface area contributed by atoms with Crippen LogP contribution in [0.5, 0.6) is 5.75 Å². The zero-order chi connectivity index (χ0) is 25.5. The van der Waals surface area contributed by atoms with E-state index in [1.54, 1.807) is 13.4 Å². The fraction of sp³-hybridized carbons (Fsp3) is 0.345. The highest BCUT2D eigenvalue weighted by Crippen LogP contribution is 2.36. The Hall–Kier alpha value is -3.91. The highest BCUT2D eigenvalue weighted by molar-refractivity contribution is 5.93. The topological polar surface area (TPSA) is 75.5 Å². The Labute approximate surface area is 216 Å². The van der Waals surface area contributed by atoms with Crippen molar-refractivity contribution in [2.75, 3.05) is 44.7 Å². The Kier molecular flexibility index (Phi) is 6.04. The molecule has 0 bridgehead atoms. The number of hydrogen-bond acceptors (Lipinski definition) is 6. The summed E-state index contributed by atoms with van der Waals surface area (Å²) in [7, 11) is 1.62. The number of pyridine rings is 1. The van der Waals surface area contributed by atoms with Gasteiger partial charge in [-0.15, -0.1) is 0 Å². The van der Waals surface area contributed by atoms with Crippen LogP contribution in [0.3, 0.4) is 0 Å². The van der Waals surface area contributed by atoms with Gasteiger partial charge in [0, 0.05) is 62.1 Å². The third kappa shape index (κ3) is 4.21. The van der Waals surface area contributed by atoms with Crippen molar-refractivity contribution in [2.24, 2.45) is 0 Å². The molecule has 2 aliphatic heterocycles. The van der Waals surface area contributed by atoms with Crippen LogP contribution < -0.4 is 15.0 Å². The maximum Gasteiger partial charge on any atom is 0.271 e. The maximum atomic E-state index is 12.2. The minimum Gasteiger partial charge on any atom is -0.485 e. The number of carbonyl (C=O) groups is 1. The summed E-state index contributed by atoms with van der Waals surface area (Å²) in [6, 6.07) is 14.9. The highest BCUT2D eigenvalue weighted by atomic mass is 16.5. The minimum absolute atomic E-state index is 0.192. The van der Waals surface area contributed by atoms with Crippen molar-refractivity contribution in [1.29, 1.82) is 0 Å². The van der Waals surface area contributed by atoms with Gasteiger partial charge in [-0.2, -0.15) is 0 Å². The number of nitrogens with one attached hydrogen (secondary N) is 1. The summed E-state index contributed by atoms with van der Waals surface area (Å²) in [6.45, 7) is 9.53. The van der Waals surface area contributed by atoms with Crippen molar-refractivity contribution in [3.63, 3.8) is 0 Å². The van der Waals surface area contributed by atoms with E-state index in [0.717, 1.165) is 67.5 Å². The first-order valence-electron chi connectivity index (χ1n) is 12.9. The van der Waals surface area contributed by atoms with Crippen LogP contribution in [0.2, 0.25) is 0 Å². The van der Waals surface area contributed by atoms with Gasteiger partial charge in [0.1, 0.15) is 18.7 Å². The summed E-state index contributed by atoms with van der Waals surface area (Å²) in [5.41, 5.74) is 8.01. The van der Waals surface area contributed by atoms with Gasteiger partial charge in [0.05, 0.1) is 16.9 Å². The maximum absolute atomic E-state index is 12.2. The van der Waals surface area contributed by atoms with Crippen molar-refractivity contribution in [2.45, 2.75) is 26.9 Å². The van der Waals surface area contributed by atoms with Crippen molar-refractivity contribution >= 4 is 22.5 Å². The Balaban J connectivity index is 1.15. The van der Waals surface area contributed by atoms with E-state index in [4.69, 9.17) is 9.72 Å². The monoisotopic (exact) mass is 496 g/mol. The molecule has 1 amide bonds. The summed E-state index contributed by atoms with van der Waals surface area (Å²) in [4.78, 5) is 26.3. The van der Waals surface area contributed by atoms with Gasteiger partial charge in [-0.1, -0.05) is 12.1 Å². The van der Waals surface area contributed by atoms with Gasteiger partial charge >= 0.3 is 0 Å². The molecule has 0 radical (unpaired) electrons. The van der Waals surface area contributed by atoms with E-state index in [2.05, 4.69) is 69.5 Å². The molecule has 2 aliphatic rings. The van der Waals surface area contributed by atoms with E-state index in [-0.39, 0.29) is 5.91 Å². The Bertz CT molecular complexity index is 1490. The number of hydrogen-bond donors (Lipinski definition) is 1. The molecule has 0 aliphatic carbocycles. The standard InChI is InChI=1S/C29H32N6O2/c1-19-7-10-25-28(37-17-26-27(29(36)30-3)31-18-35(25)26)21(19)11-12-33-13-15-34(16-14-33)24-6-4-5-23-22(24)9-8-20(2)32-23/h4-10,18H,11-17H2,1-3H3,(H,30,36). The summed E-state index contributed by atoms with van der Waals surface area (Å²) < 4.78 is 8.24. The number of aryl methyl sites for hydroxylation is 2. The predicted octanol–water partition coefficient (Wildman–Crippen LogP) is 3.65. The number of aromatic nitrogens is 3. The van der Waals surface area contributed by atoms with Crippen LogP contribution in [0.4, 0.5) is 5.69 Å². The van der Waals surface area contributed by atoms with Gasteiger partial charge in [0.15, 0.2) is 5.69 Å². The van der Waals surface area contributed by atoms with Gasteiger partial charge in [0.25, 0.3) is 5.91 Å². The van der Waals surface area contributed by atoms with E-state index >= 15 is 0 Å². The molecule has 0 unspecified atom stereocenters. The van der Waals surface area contributed by atoms with Crippen LogP contribution in [-0.2, 0) is 13.0 Å². The molecule has 1 N–H and O–H groups in total. The van der Waals surface area contributed by atoms with Crippen LogP contribution in [-0.4, -0.2) is 65.1 Å². The second-order valence-electron chi connectivity index (χ2n) is 9.86. The molecule has 1 fully saturated rings. The molecule has 37 heavy (non-hydrogen) atoms. The second kappa shape index (κ2) is 9.52. The summed E-state index contributed by atoms with van der Waals surface area (Å²) in [6.07, 6.45) is 2.64. The normalized spacial score (nSPS) is 15.3. The first-order valence-corrected chi connectivity index (χ1v) is 12.9. The third-order valence-corrected chi connectivity index (χ3v) is 7.63. The minimum atomic E-state index is -0.192. The summed E-state index contributed by atoms with van der Waals surface area (Å²) in [5, 5.41) is 3.89. The fourth-order valence-corrected chi connectivity index (χ4v) is 5.54. The Morgan fingerprint density at radius 3 is 2.68 bits per heavy atom. The van der Waals surface area contributed by atoms with Crippen molar-refractivity contribution in [3.05, 3.63) is 77.0 Å². The van der Waals surface area contributed by atoms with Crippen molar-refractivity contribution < 1.29 is 9.53 Å². The molecule has 8 heteroatoms. The summed E-state index contributed by atoms with van der Waals surface area (Å²) in [5.74, 6) is 0.715. The zero-order valence-electron chi connectivity index (χ0n) is 21.6. The van der Waals surface area contributed by atoms with Gasteiger partial charge in [0.2, 0.25) is 0 Å². The smallest absolute Gasteiger partial charge is 0.271 e. The van der Waals surface area contributed by atoms with Gasteiger partial charge in [-0.25, -0.2) is 4.98 Å². The average molecular weight is 497 g/mol. The van der Waals surface area contributed by atoms with Crippen LogP contribution in [0.1, 0.15) is 33.0 Å². The van der Waals surface area contributed by atoms with Crippen LogP contribution in [0.15, 0.2) is 48.8 Å². The Morgan fingerprint density at radius 2 is 1.86 bits per heavy atom. The molecule has 0 saturated carbocycles. The third-order valence-electron chi connectivity index (χ3n) is 7.63. The first kappa shape index (κ1) is 23.5. The Morgan fingerprint density at radius 1 is 1.03 bits per heavy atom. The number of nitrogens with zero attached hydrogens (tertiary/aromatic N) is 5. The number of piperazine rings is 1. The number of fused-ring (bicyclic) bond motifs is 4. The van der Waals surface area contributed by atoms with Gasteiger partial charge in [-0.3, -0.25) is 19.2 Å². The lowest BCUT2D eigenvalue weighted by Gasteiger charge is -2.37. The molecule has 0 spiro atoms. The number of carbonyl (C=O) groups excluding carboxylic acids is 1. The molecule has 4 heterocycles. The number of anilines is 1. The molecule has 2 aromatic heterocycles. The zero-order valence-corrected chi connectivity index (χ0v) is 21.6. The lowest BCUT2D eigenvalue weighted by molar-refractivity contribution is 0.0955. The molecule has 6 rings (SSSR count). The first-order chi connectivity index (χ1) is 18.0. The number of ether oxygens (including phenoxy) is 1. The van der Waals surface area contributed by atoms with E-state index in [1.165, 1.54) is 22.2 Å². The quantitative estimate of drug-likeness (QED) is 0.455. The largest absolute Gasteiger partial charge is 0.485 e. The van der Waals surface area contributed by atoms with Gasteiger partial charge < -0.3 is 15.0 Å². The predicted molar refractivity (Wildman–Crippen MR) is 145 cm³/mol. The molecular formula is C29H32N6O2. The number of rotatable bonds is 5. The lowest BCUT2D eigenvalue weighted by Crippen LogP contribution is -2.47. The van der Waals surface area contributed by atoms with Crippen LogP contribution in [0.25, 0.3) is 16.6 Å². The lowest BCUT2D eigenvalue weighted by atomic mass is 10.0. The van der Waals surface area contributed by atoms with E-state index in [1.807, 2.05) is 11.5 Å².